The van der Waals surface area contributed by atoms with Crippen LogP contribution >= 0.6 is 0 Å². The Bertz CT molecular complexity index is 1060. The highest BCUT2D eigenvalue weighted by atomic mass is 19.1. The monoisotopic (exact) mass is 366 g/mol. The van der Waals surface area contributed by atoms with Crippen LogP contribution in [0.1, 0.15) is 15.9 Å². The minimum absolute atomic E-state index is 0.154. The lowest BCUT2D eigenvalue weighted by Gasteiger charge is -2.10. The van der Waals surface area contributed by atoms with Crippen molar-refractivity contribution in [1.82, 2.24) is 4.57 Å². The summed E-state index contributed by atoms with van der Waals surface area (Å²) >= 11 is 0. The molecule has 6 nitrogen and oxygen atoms in total. The number of nitrogens with zero attached hydrogens (tertiary/aromatic N) is 1. The molecule has 0 saturated heterocycles. The number of halogens is 1. The fraction of sp³-hybridized carbons (Fsp3) is 0.100. The average Bonchev–Trinajstić information content (AvgIpc) is 3.13. The molecule has 2 heterocycles. The van der Waals surface area contributed by atoms with Gasteiger partial charge in [-0.05, 0) is 35.9 Å². The third-order valence-electron chi connectivity index (χ3n) is 4.14. The quantitative estimate of drug-likeness (QED) is 0.771. The normalized spacial score (nSPS) is 12.0. The van der Waals surface area contributed by atoms with Crippen LogP contribution in [-0.4, -0.2) is 17.3 Å². The molecule has 2 aromatic carbocycles. The van der Waals surface area contributed by atoms with Crippen molar-refractivity contribution in [2.45, 2.75) is 6.54 Å². The van der Waals surface area contributed by atoms with Gasteiger partial charge in [0.2, 0.25) is 6.79 Å². The van der Waals surface area contributed by atoms with E-state index in [4.69, 9.17) is 9.47 Å². The number of aromatic nitrogens is 1. The van der Waals surface area contributed by atoms with Gasteiger partial charge in [0, 0.05) is 24.0 Å². The second-order valence-electron chi connectivity index (χ2n) is 6.03. The maximum atomic E-state index is 13.0. The van der Waals surface area contributed by atoms with Crippen molar-refractivity contribution in [3.05, 3.63) is 88.1 Å². The second-order valence-corrected chi connectivity index (χ2v) is 6.03. The molecule has 0 fully saturated rings. The Hall–Kier alpha value is -3.61. The first-order valence-electron chi connectivity index (χ1n) is 8.24. The zero-order valence-electron chi connectivity index (χ0n) is 14.1. The Balaban J connectivity index is 1.54. The molecule has 1 aliphatic heterocycles. The number of nitrogens with one attached hydrogen (secondary N) is 1. The van der Waals surface area contributed by atoms with Gasteiger partial charge in [-0.15, -0.1) is 0 Å². The summed E-state index contributed by atoms with van der Waals surface area (Å²) in [5.74, 6) is 0.486. The maximum absolute atomic E-state index is 13.0. The lowest BCUT2D eigenvalue weighted by Crippen LogP contribution is -2.22. The molecule has 1 aliphatic rings. The van der Waals surface area contributed by atoms with Crippen LogP contribution in [0.25, 0.3) is 0 Å². The number of benzene rings is 2. The molecule has 7 heteroatoms. The van der Waals surface area contributed by atoms with Gasteiger partial charge in [-0.25, -0.2) is 4.39 Å². The van der Waals surface area contributed by atoms with Gasteiger partial charge in [-0.1, -0.05) is 12.1 Å². The highest BCUT2D eigenvalue weighted by Crippen LogP contribution is 2.34. The van der Waals surface area contributed by atoms with E-state index in [1.807, 2.05) is 0 Å². The zero-order chi connectivity index (χ0) is 18.8. The fourth-order valence-corrected chi connectivity index (χ4v) is 2.75. The lowest BCUT2D eigenvalue weighted by molar-refractivity contribution is 0.102. The number of ether oxygens (including phenoxy) is 2. The highest BCUT2D eigenvalue weighted by molar-refractivity contribution is 6.04. The Morgan fingerprint density at radius 3 is 2.63 bits per heavy atom. The predicted molar refractivity (Wildman–Crippen MR) is 96.7 cm³/mol. The Kier molecular flexibility index (Phi) is 4.33. The molecular formula is C20H15FN2O4. The minimum atomic E-state index is -0.360. The van der Waals surface area contributed by atoms with E-state index in [9.17, 15) is 14.0 Å². The number of fused-ring (bicyclic) bond motifs is 1. The highest BCUT2D eigenvalue weighted by Gasteiger charge is 2.15. The van der Waals surface area contributed by atoms with E-state index in [1.165, 1.54) is 35.0 Å². The Morgan fingerprint density at radius 1 is 1.04 bits per heavy atom. The molecule has 1 aromatic heterocycles. The SMILES string of the molecule is O=C(Nc1ccc2c(c1)OCO2)c1ccc(=O)n(Cc2ccc(F)cc2)c1. The number of anilines is 1. The van der Waals surface area contributed by atoms with Crippen molar-refractivity contribution in [3.8, 4) is 11.5 Å². The molecule has 0 saturated carbocycles. The molecular weight excluding hydrogens is 351 g/mol. The molecule has 1 N–H and O–H groups in total. The van der Waals surface area contributed by atoms with Gasteiger partial charge in [0.25, 0.3) is 11.5 Å². The van der Waals surface area contributed by atoms with Gasteiger partial charge in [-0.2, -0.15) is 0 Å². The van der Waals surface area contributed by atoms with Crippen molar-refractivity contribution in [2.24, 2.45) is 0 Å². The van der Waals surface area contributed by atoms with Crippen molar-refractivity contribution in [1.29, 1.82) is 0 Å². The van der Waals surface area contributed by atoms with Crippen LogP contribution in [0.2, 0.25) is 0 Å². The van der Waals surface area contributed by atoms with Gasteiger partial charge in [0.1, 0.15) is 5.82 Å². The van der Waals surface area contributed by atoms with Crippen LogP contribution in [0.5, 0.6) is 11.5 Å². The van der Waals surface area contributed by atoms with Crippen molar-refractivity contribution in [2.75, 3.05) is 12.1 Å². The third kappa shape index (κ3) is 3.67. The summed E-state index contributed by atoms with van der Waals surface area (Å²) in [6, 6.07) is 13.8. The van der Waals surface area contributed by atoms with E-state index >= 15 is 0 Å². The van der Waals surface area contributed by atoms with Gasteiger partial charge in [0.05, 0.1) is 12.1 Å². The fourth-order valence-electron chi connectivity index (χ4n) is 2.75. The largest absolute Gasteiger partial charge is 0.454 e. The van der Waals surface area contributed by atoms with Crippen LogP contribution in [0.15, 0.2) is 65.6 Å². The summed E-state index contributed by atoms with van der Waals surface area (Å²) in [5, 5.41) is 2.77. The number of carbonyl (C=O) groups excluding carboxylic acids is 1. The summed E-state index contributed by atoms with van der Waals surface area (Å²) in [6.07, 6.45) is 1.48. The molecule has 4 rings (SSSR count). The molecule has 0 atom stereocenters. The summed E-state index contributed by atoms with van der Waals surface area (Å²) < 4.78 is 25.0. The molecule has 0 unspecified atom stereocenters. The second kappa shape index (κ2) is 6.95. The van der Waals surface area contributed by atoms with E-state index in [0.29, 0.717) is 22.7 Å². The first-order valence-corrected chi connectivity index (χ1v) is 8.24. The van der Waals surface area contributed by atoms with E-state index in [0.717, 1.165) is 5.56 Å². The van der Waals surface area contributed by atoms with Gasteiger partial charge in [-0.3, -0.25) is 9.59 Å². The van der Waals surface area contributed by atoms with E-state index in [-0.39, 0.29) is 30.6 Å². The summed E-state index contributed by atoms with van der Waals surface area (Å²) in [7, 11) is 0. The Morgan fingerprint density at radius 2 is 1.81 bits per heavy atom. The summed E-state index contributed by atoms with van der Waals surface area (Å²) in [4.78, 5) is 24.6. The predicted octanol–water partition coefficient (Wildman–Crippen LogP) is 3.02. The van der Waals surface area contributed by atoms with Gasteiger partial charge < -0.3 is 19.4 Å². The molecule has 1 amide bonds. The number of rotatable bonds is 4. The molecule has 27 heavy (non-hydrogen) atoms. The lowest BCUT2D eigenvalue weighted by atomic mass is 10.2. The zero-order valence-corrected chi connectivity index (χ0v) is 14.1. The number of pyridine rings is 1. The van der Waals surface area contributed by atoms with Crippen molar-refractivity contribution >= 4 is 11.6 Å². The van der Waals surface area contributed by atoms with Crippen molar-refractivity contribution in [3.63, 3.8) is 0 Å². The smallest absolute Gasteiger partial charge is 0.257 e. The van der Waals surface area contributed by atoms with Crippen LogP contribution in [0.3, 0.4) is 0 Å². The number of hydrogen-bond acceptors (Lipinski definition) is 4. The summed E-state index contributed by atoms with van der Waals surface area (Å²) in [5.41, 5.74) is 1.39. The molecule has 136 valence electrons. The van der Waals surface area contributed by atoms with Crippen LogP contribution in [-0.2, 0) is 6.54 Å². The standard InChI is InChI=1S/C20H15FN2O4/c21-15-4-1-13(2-5-15)10-23-11-14(3-8-19(23)24)20(25)22-16-6-7-17-18(9-16)27-12-26-17/h1-9,11H,10,12H2,(H,22,25). The topological polar surface area (TPSA) is 69.6 Å². The van der Waals surface area contributed by atoms with Gasteiger partial charge >= 0.3 is 0 Å². The molecule has 0 spiro atoms. The van der Waals surface area contributed by atoms with Crippen LogP contribution in [0.4, 0.5) is 10.1 Å². The number of hydrogen-bond donors (Lipinski definition) is 1. The number of carbonyl (C=O) groups is 1. The van der Waals surface area contributed by atoms with E-state index < -0.39 is 0 Å². The first-order chi connectivity index (χ1) is 13.1. The molecule has 0 bridgehead atoms. The molecule has 0 aliphatic carbocycles. The minimum Gasteiger partial charge on any atom is -0.454 e. The van der Waals surface area contributed by atoms with Gasteiger partial charge in [0.15, 0.2) is 11.5 Å². The molecule has 0 radical (unpaired) electrons. The first kappa shape index (κ1) is 16.8. The third-order valence-corrected chi connectivity index (χ3v) is 4.14. The average molecular weight is 366 g/mol. The van der Waals surface area contributed by atoms with Crippen molar-refractivity contribution < 1.29 is 18.7 Å². The maximum Gasteiger partial charge on any atom is 0.257 e. The van der Waals surface area contributed by atoms with E-state index in [2.05, 4.69) is 5.32 Å². The summed E-state index contributed by atoms with van der Waals surface area (Å²) in [6.45, 7) is 0.394. The van der Waals surface area contributed by atoms with E-state index in [1.54, 1.807) is 30.3 Å². The molecule has 3 aromatic rings. The Labute approximate surface area is 153 Å². The van der Waals surface area contributed by atoms with Crippen LogP contribution in [0, 0.1) is 5.82 Å². The van der Waals surface area contributed by atoms with Crippen LogP contribution < -0.4 is 20.3 Å². The number of amides is 1.